The zero-order chi connectivity index (χ0) is 16.0. The first-order chi connectivity index (χ1) is 10.3. The molecule has 0 aliphatic carbocycles. The van der Waals surface area contributed by atoms with Crippen LogP contribution in [-0.4, -0.2) is 40.6 Å². The Kier molecular flexibility index (Phi) is 3.18. The van der Waals surface area contributed by atoms with Crippen molar-refractivity contribution in [1.29, 1.82) is 0 Å². The van der Waals surface area contributed by atoms with Crippen LogP contribution >= 0.6 is 0 Å². The predicted octanol–water partition coefficient (Wildman–Crippen LogP) is 1.90. The molecule has 116 valence electrons. The molecule has 0 bridgehead atoms. The first-order valence-electron chi connectivity index (χ1n) is 6.68. The van der Waals surface area contributed by atoms with E-state index in [-0.39, 0.29) is 18.2 Å². The summed E-state index contributed by atoms with van der Waals surface area (Å²) in [5.74, 6) is -0.385. The SMILES string of the molecule is CC1(C)N=NC2(OCCN2C(=O)c2ccc([N+](=O)[O-])cc2)O1. The van der Waals surface area contributed by atoms with Gasteiger partial charge in [0.05, 0.1) is 18.1 Å². The number of non-ortho nitro benzene ring substituents is 1. The molecule has 9 heteroatoms. The maximum Gasteiger partial charge on any atom is 0.383 e. The molecule has 0 N–H and O–H groups in total. The molecule has 0 aromatic heterocycles. The summed E-state index contributed by atoms with van der Waals surface area (Å²) in [5, 5.41) is 18.6. The number of ether oxygens (including phenoxy) is 2. The average molecular weight is 306 g/mol. The Morgan fingerprint density at radius 2 is 2.00 bits per heavy atom. The largest absolute Gasteiger partial charge is 0.383 e. The summed E-state index contributed by atoms with van der Waals surface area (Å²) in [7, 11) is 0. The van der Waals surface area contributed by atoms with E-state index in [1.807, 2.05) is 0 Å². The second-order valence-electron chi connectivity index (χ2n) is 5.41. The van der Waals surface area contributed by atoms with Gasteiger partial charge in [0.25, 0.3) is 11.6 Å². The molecule has 1 atom stereocenters. The van der Waals surface area contributed by atoms with Crippen LogP contribution in [0.15, 0.2) is 34.5 Å². The number of nitro groups is 1. The van der Waals surface area contributed by atoms with Gasteiger partial charge in [-0.05, 0) is 26.0 Å². The topological polar surface area (TPSA) is 107 Å². The summed E-state index contributed by atoms with van der Waals surface area (Å²) < 4.78 is 11.1. The molecule has 2 aliphatic heterocycles. The van der Waals surface area contributed by atoms with Gasteiger partial charge in [-0.25, -0.2) is 0 Å². The number of rotatable bonds is 2. The summed E-state index contributed by atoms with van der Waals surface area (Å²) in [6, 6.07) is 3.80. The van der Waals surface area contributed by atoms with Gasteiger partial charge >= 0.3 is 6.03 Å². The number of nitrogens with zero attached hydrogens (tertiary/aromatic N) is 4. The Hall–Kier alpha value is -2.39. The van der Waals surface area contributed by atoms with Gasteiger partial charge in [0, 0.05) is 17.7 Å². The minimum Gasteiger partial charge on any atom is -0.310 e. The maximum atomic E-state index is 12.6. The van der Waals surface area contributed by atoms with Gasteiger partial charge in [-0.1, -0.05) is 0 Å². The third-order valence-electron chi connectivity index (χ3n) is 3.32. The molecule has 1 amide bonds. The van der Waals surface area contributed by atoms with Gasteiger partial charge in [-0.3, -0.25) is 24.5 Å². The van der Waals surface area contributed by atoms with Crippen LogP contribution in [0.5, 0.6) is 0 Å². The van der Waals surface area contributed by atoms with Crippen molar-refractivity contribution in [2.45, 2.75) is 25.6 Å². The highest BCUT2D eigenvalue weighted by molar-refractivity contribution is 5.94. The quantitative estimate of drug-likeness (QED) is 0.612. The molecule has 3 rings (SSSR count). The standard InChI is InChI=1S/C13H14N4O5/c1-12(2)14-15-13(22-12)16(7-8-21-13)11(18)9-3-5-10(6-4-9)17(19)20/h3-6H,7-8H2,1-2H3. The molecule has 1 unspecified atom stereocenters. The van der Waals surface area contributed by atoms with Crippen LogP contribution in [0.1, 0.15) is 24.2 Å². The van der Waals surface area contributed by atoms with E-state index < -0.39 is 16.7 Å². The average Bonchev–Trinajstić information content (AvgIpc) is 3.01. The fourth-order valence-corrected chi connectivity index (χ4v) is 2.32. The highest BCUT2D eigenvalue weighted by Crippen LogP contribution is 2.38. The molecule has 1 aromatic carbocycles. The molecule has 9 nitrogen and oxygen atoms in total. The summed E-state index contributed by atoms with van der Waals surface area (Å²) in [6.45, 7) is 3.99. The van der Waals surface area contributed by atoms with Crippen molar-refractivity contribution in [2.24, 2.45) is 10.2 Å². The summed E-state index contributed by atoms with van der Waals surface area (Å²) in [6.07, 6.45) is 0. The number of carbonyl (C=O) groups is 1. The van der Waals surface area contributed by atoms with Crippen molar-refractivity contribution < 1.29 is 19.2 Å². The van der Waals surface area contributed by atoms with Crippen LogP contribution in [0.25, 0.3) is 0 Å². The highest BCUT2D eigenvalue weighted by Gasteiger charge is 2.54. The van der Waals surface area contributed by atoms with Crippen LogP contribution < -0.4 is 0 Å². The second-order valence-corrected chi connectivity index (χ2v) is 5.41. The van der Waals surface area contributed by atoms with Gasteiger partial charge in [0.2, 0.25) is 0 Å². The smallest absolute Gasteiger partial charge is 0.310 e. The van der Waals surface area contributed by atoms with Crippen molar-refractivity contribution in [3.63, 3.8) is 0 Å². The number of hydrogen-bond donors (Lipinski definition) is 0. The van der Waals surface area contributed by atoms with E-state index in [0.717, 1.165) is 0 Å². The lowest BCUT2D eigenvalue weighted by atomic mass is 10.2. The maximum absolute atomic E-state index is 12.6. The minimum atomic E-state index is -1.54. The van der Waals surface area contributed by atoms with Gasteiger partial charge in [-0.2, -0.15) is 5.11 Å². The Morgan fingerprint density at radius 1 is 1.32 bits per heavy atom. The summed E-state index contributed by atoms with van der Waals surface area (Å²) in [4.78, 5) is 24.1. The molecule has 0 radical (unpaired) electrons. The van der Waals surface area contributed by atoms with Crippen LogP contribution in [0.2, 0.25) is 0 Å². The van der Waals surface area contributed by atoms with Gasteiger partial charge in [0.1, 0.15) is 0 Å². The lowest BCUT2D eigenvalue weighted by Gasteiger charge is -2.30. The number of nitro benzene ring substituents is 1. The number of azo groups is 1. The van der Waals surface area contributed by atoms with Crippen LogP contribution in [0.4, 0.5) is 5.69 Å². The van der Waals surface area contributed by atoms with E-state index in [0.29, 0.717) is 12.1 Å². The molecule has 1 spiro atoms. The Bertz CT molecular complexity index is 657. The van der Waals surface area contributed by atoms with Crippen LogP contribution in [0, 0.1) is 10.1 Å². The van der Waals surface area contributed by atoms with Crippen LogP contribution in [0.3, 0.4) is 0 Å². The first kappa shape index (κ1) is 14.5. The lowest BCUT2D eigenvalue weighted by Crippen LogP contribution is -2.49. The van der Waals surface area contributed by atoms with Crippen molar-refractivity contribution in [3.05, 3.63) is 39.9 Å². The fraction of sp³-hybridized carbons (Fsp3) is 0.462. The molecular formula is C13H14N4O5. The molecule has 1 aromatic rings. The van der Waals surface area contributed by atoms with Crippen LogP contribution in [-0.2, 0) is 9.47 Å². The van der Waals surface area contributed by atoms with E-state index in [4.69, 9.17) is 9.47 Å². The van der Waals surface area contributed by atoms with Crippen molar-refractivity contribution in [1.82, 2.24) is 4.90 Å². The van der Waals surface area contributed by atoms with E-state index in [1.165, 1.54) is 29.2 Å². The normalized spacial score (nSPS) is 25.8. The molecule has 1 fully saturated rings. The molecular weight excluding hydrogens is 292 g/mol. The number of benzene rings is 1. The lowest BCUT2D eigenvalue weighted by molar-refractivity contribution is -0.384. The van der Waals surface area contributed by atoms with E-state index in [1.54, 1.807) is 13.8 Å². The Morgan fingerprint density at radius 3 is 2.55 bits per heavy atom. The summed E-state index contributed by atoms with van der Waals surface area (Å²) in [5.41, 5.74) is -0.668. The van der Waals surface area contributed by atoms with Gasteiger partial charge in [0.15, 0.2) is 5.72 Å². The van der Waals surface area contributed by atoms with Gasteiger partial charge < -0.3 is 4.74 Å². The Balaban J connectivity index is 1.85. The molecule has 0 saturated carbocycles. The number of carbonyl (C=O) groups excluding carboxylic acids is 1. The third kappa shape index (κ3) is 2.34. The Labute approximate surface area is 125 Å². The van der Waals surface area contributed by atoms with Crippen molar-refractivity contribution >= 4 is 11.6 Å². The number of hydrogen-bond acceptors (Lipinski definition) is 7. The monoisotopic (exact) mass is 306 g/mol. The van der Waals surface area contributed by atoms with E-state index in [2.05, 4.69) is 10.2 Å². The minimum absolute atomic E-state index is 0.0816. The first-order valence-corrected chi connectivity index (χ1v) is 6.68. The molecule has 2 aliphatic rings. The third-order valence-corrected chi connectivity index (χ3v) is 3.32. The van der Waals surface area contributed by atoms with E-state index in [9.17, 15) is 14.9 Å². The predicted molar refractivity (Wildman–Crippen MR) is 72.8 cm³/mol. The fourth-order valence-electron chi connectivity index (χ4n) is 2.32. The summed E-state index contributed by atoms with van der Waals surface area (Å²) >= 11 is 0. The zero-order valence-electron chi connectivity index (χ0n) is 12.1. The van der Waals surface area contributed by atoms with Crippen molar-refractivity contribution in [3.8, 4) is 0 Å². The molecule has 1 saturated heterocycles. The molecule has 22 heavy (non-hydrogen) atoms. The van der Waals surface area contributed by atoms with Gasteiger partial charge in [-0.15, -0.1) is 5.11 Å². The highest BCUT2D eigenvalue weighted by atomic mass is 16.8. The van der Waals surface area contributed by atoms with Crippen molar-refractivity contribution in [2.75, 3.05) is 13.2 Å². The molecule has 2 heterocycles. The zero-order valence-corrected chi connectivity index (χ0v) is 12.1. The number of amides is 1. The van der Waals surface area contributed by atoms with E-state index >= 15 is 0 Å². The second kappa shape index (κ2) is 4.82.